The molecule has 1 fully saturated rings. The van der Waals surface area contributed by atoms with E-state index < -0.39 is 6.23 Å². The van der Waals surface area contributed by atoms with Gasteiger partial charge in [-0.1, -0.05) is 11.6 Å². The van der Waals surface area contributed by atoms with Crippen molar-refractivity contribution >= 4 is 23.1 Å². The molecular formula is C13H15ClN2O. The van der Waals surface area contributed by atoms with E-state index in [0.717, 1.165) is 28.9 Å². The molecule has 0 amide bonds. The van der Waals surface area contributed by atoms with Crippen LogP contribution in [0.2, 0.25) is 5.02 Å². The van der Waals surface area contributed by atoms with Gasteiger partial charge in [0.25, 0.3) is 0 Å². The van der Waals surface area contributed by atoms with E-state index in [0.29, 0.717) is 6.54 Å². The van der Waals surface area contributed by atoms with Gasteiger partial charge < -0.3 is 10.0 Å². The lowest BCUT2D eigenvalue weighted by atomic mass is 10.2. The second-order valence-electron chi connectivity index (χ2n) is 4.76. The largest absolute Gasteiger partial charge is 0.370 e. The molecule has 3 nitrogen and oxygen atoms in total. The molecule has 1 saturated carbocycles. The predicted molar refractivity (Wildman–Crippen MR) is 69.6 cm³/mol. The van der Waals surface area contributed by atoms with Crippen molar-refractivity contribution in [1.29, 1.82) is 0 Å². The maximum absolute atomic E-state index is 9.66. The van der Waals surface area contributed by atoms with Crippen LogP contribution in [-0.4, -0.2) is 23.7 Å². The van der Waals surface area contributed by atoms with E-state index in [1.165, 1.54) is 12.8 Å². The normalized spacial score (nSPS) is 24.0. The first-order valence-corrected chi connectivity index (χ1v) is 6.38. The van der Waals surface area contributed by atoms with Crippen molar-refractivity contribution in [2.75, 3.05) is 11.4 Å². The Morgan fingerprint density at radius 2 is 2.00 bits per heavy atom. The monoisotopic (exact) mass is 250 g/mol. The Balaban J connectivity index is 1.81. The van der Waals surface area contributed by atoms with Gasteiger partial charge in [0.2, 0.25) is 0 Å². The Labute approximate surface area is 106 Å². The highest BCUT2D eigenvalue weighted by Gasteiger charge is 2.30. The first-order valence-electron chi connectivity index (χ1n) is 6.00. The molecule has 0 radical (unpaired) electrons. The number of amidine groups is 1. The Morgan fingerprint density at radius 3 is 2.65 bits per heavy atom. The molecule has 1 unspecified atom stereocenters. The van der Waals surface area contributed by atoms with Crippen LogP contribution in [0.25, 0.3) is 0 Å². The van der Waals surface area contributed by atoms with Crippen LogP contribution >= 0.6 is 11.6 Å². The maximum atomic E-state index is 9.66. The van der Waals surface area contributed by atoms with Crippen LogP contribution in [0.15, 0.2) is 29.3 Å². The molecule has 1 aliphatic heterocycles. The summed E-state index contributed by atoms with van der Waals surface area (Å²) in [6, 6.07) is 7.69. The average molecular weight is 251 g/mol. The van der Waals surface area contributed by atoms with Crippen molar-refractivity contribution in [3.05, 3.63) is 29.3 Å². The number of rotatable bonds is 3. The summed E-state index contributed by atoms with van der Waals surface area (Å²) in [5.74, 6) is 1.79. The topological polar surface area (TPSA) is 35.8 Å². The van der Waals surface area contributed by atoms with Gasteiger partial charge in [-0.05, 0) is 43.0 Å². The standard InChI is InChI=1S/C13H15ClN2O/c14-10-3-5-11(6-4-10)16-8-13(17)15-12(16)7-9-1-2-9/h3-6,9,13,17H,1-2,7-8H2. The lowest BCUT2D eigenvalue weighted by Gasteiger charge is -2.20. The molecule has 90 valence electrons. The van der Waals surface area contributed by atoms with E-state index in [9.17, 15) is 5.11 Å². The predicted octanol–water partition coefficient (Wildman–Crippen LogP) is 2.68. The van der Waals surface area contributed by atoms with Gasteiger partial charge in [-0.25, -0.2) is 4.99 Å². The van der Waals surface area contributed by atoms with Crippen molar-refractivity contribution in [2.45, 2.75) is 25.5 Å². The molecule has 2 aliphatic rings. The van der Waals surface area contributed by atoms with Crippen molar-refractivity contribution < 1.29 is 5.11 Å². The smallest absolute Gasteiger partial charge is 0.165 e. The van der Waals surface area contributed by atoms with Gasteiger partial charge in [0.1, 0.15) is 5.84 Å². The third-order valence-electron chi connectivity index (χ3n) is 3.26. The van der Waals surface area contributed by atoms with Crippen molar-refractivity contribution in [3.8, 4) is 0 Å². The number of aliphatic hydroxyl groups is 1. The Morgan fingerprint density at radius 1 is 1.29 bits per heavy atom. The molecule has 1 heterocycles. The fourth-order valence-electron chi connectivity index (χ4n) is 2.17. The highest BCUT2D eigenvalue weighted by molar-refractivity contribution is 6.30. The minimum atomic E-state index is -0.584. The minimum Gasteiger partial charge on any atom is -0.370 e. The lowest BCUT2D eigenvalue weighted by molar-refractivity contribution is 0.202. The van der Waals surface area contributed by atoms with E-state index in [2.05, 4.69) is 9.89 Å². The average Bonchev–Trinajstić information content (AvgIpc) is 3.03. The number of benzene rings is 1. The van der Waals surface area contributed by atoms with Crippen LogP contribution in [0, 0.1) is 5.92 Å². The van der Waals surface area contributed by atoms with E-state index in [4.69, 9.17) is 11.6 Å². The van der Waals surface area contributed by atoms with Gasteiger partial charge in [-0.3, -0.25) is 0 Å². The van der Waals surface area contributed by atoms with E-state index in [1.54, 1.807) is 0 Å². The summed E-state index contributed by atoms with van der Waals surface area (Å²) in [6.07, 6.45) is 2.99. The molecule has 1 aromatic carbocycles. The van der Waals surface area contributed by atoms with Crippen molar-refractivity contribution in [1.82, 2.24) is 0 Å². The summed E-state index contributed by atoms with van der Waals surface area (Å²) < 4.78 is 0. The van der Waals surface area contributed by atoms with Crippen LogP contribution in [0.4, 0.5) is 5.69 Å². The summed E-state index contributed by atoms with van der Waals surface area (Å²) in [4.78, 5) is 6.41. The molecule has 1 aromatic rings. The summed E-state index contributed by atoms with van der Waals surface area (Å²) in [5, 5.41) is 10.4. The second kappa shape index (κ2) is 4.31. The summed E-state index contributed by atoms with van der Waals surface area (Å²) in [5.41, 5.74) is 1.06. The molecule has 0 saturated heterocycles. The van der Waals surface area contributed by atoms with Gasteiger partial charge in [0.15, 0.2) is 6.23 Å². The number of hydrogen-bond acceptors (Lipinski definition) is 3. The number of β-amino-alcohol motifs (C(OH)–C–C–N with tert-alkyl or cyclic N) is 1. The van der Waals surface area contributed by atoms with Gasteiger partial charge in [-0.15, -0.1) is 0 Å². The molecule has 1 aliphatic carbocycles. The number of aliphatic imine (C=N–C) groups is 1. The first kappa shape index (κ1) is 11.1. The lowest BCUT2D eigenvalue weighted by Crippen LogP contribution is -2.29. The van der Waals surface area contributed by atoms with Crippen LogP contribution in [0.3, 0.4) is 0 Å². The molecule has 0 bridgehead atoms. The van der Waals surface area contributed by atoms with Crippen molar-refractivity contribution in [3.63, 3.8) is 0 Å². The molecule has 17 heavy (non-hydrogen) atoms. The number of anilines is 1. The summed E-state index contributed by atoms with van der Waals surface area (Å²) in [7, 11) is 0. The number of halogens is 1. The first-order chi connectivity index (χ1) is 8.22. The van der Waals surface area contributed by atoms with Gasteiger partial charge in [-0.2, -0.15) is 0 Å². The number of aliphatic hydroxyl groups excluding tert-OH is 1. The minimum absolute atomic E-state index is 0.559. The van der Waals surface area contributed by atoms with E-state index in [-0.39, 0.29) is 0 Å². The molecule has 0 aromatic heterocycles. The number of hydrogen-bond donors (Lipinski definition) is 1. The zero-order valence-electron chi connectivity index (χ0n) is 9.51. The highest BCUT2D eigenvalue weighted by atomic mass is 35.5. The fraction of sp³-hybridized carbons (Fsp3) is 0.462. The third-order valence-corrected chi connectivity index (χ3v) is 3.51. The summed E-state index contributed by atoms with van der Waals surface area (Å²) in [6.45, 7) is 0.559. The van der Waals surface area contributed by atoms with Crippen LogP contribution < -0.4 is 4.90 Å². The van der Waals surface area contributed by atoms with Gasteiger partial charge in [0.05, 0.1) is 6.54 Å². The Hall–Kier alpha value is -1.06. The molecule has 1 atom stereocenters. The van der Waals surface area contributed by atoms with E-state index >= 15 is 0 Å². The van der Waals surface area contributed by atoms with Crippen LogP contribution in [-0.2, 0) is 0 Å². The molecule has 3 rings (SSSR count). The van der Waals surface area contributed by atoms with E-state index in [1.807, 2.05) is 24.3 Å². The maximum Gasteiger partial charge on any atom is 0.165 e. The molecular weight excluding hydrogens is 236 g/mol. The van der Waals surface area contributed by atoms with Crippen LogP contribution in [0.5, 0.6) is 0 Å². The Bertz CT molecular complexity index is 439. The number of nitrogens with zero attached hydrogens (tertiary/aromatic N) is 2. The van der Waals surface area contributed by atoms with Gasteiger partial charge in [0, 0.05) is 17.1 Å². The Kier molecular flexibility index (Phi) is 2.81. The van der Waals surface area contributed by atoms with Crippen LogP contribution in [0.1, 0.15) is 19.3 Å². The fourth-order valence-corrected chi connectivity index (χ4v) is 2.30. The summed E-state index contributed by atoms with van der Waals surface area (Å²) >= 11 is 5.88. The SMILES string of the molecule is OC1CN(c2ccc(Cl)cc2)C(CC2CC2)=N1. The third kappa shape index (κ3) is 2.45. The van der Waals surface area contributed by atoms with Crippen molar-refractivity contribution in [2.24, 2.45) is 10.9 Å². The zero-order valence-corrected chi connectivity index (χ0v) is 10.3. The van der Waals surface area contributed by atoms with Gasteiger partial charge >= 0.3 is 0 Å². The second-order valence-corrected chi connectivity index (χ2v) is 5.20. The highest BCUT2D eigenvalue weighted by Crippen LogP contribution is 2.35. The molecule has 0 spiro atoms. The molecule has 4 heteroatoms. The zero-order chi connectivity index (χ0) is 11.8. The molecule has 1 N–H and O–H groups in total. The quantitative estimate of drug-likeness (QED) is 0.895.